The van der Waals surface area contributed by atoms with Gasteiger partial charge >= 0.3 is 0 Å². The van der Waals surface area contributed by atoms with E-state index < -0.39 is 11.0 Å². The lowest BCUT2D eigenvalue weighted by atomic mass is 9.58. The number of rotatable bonds is 1. The highest BCUT2D eigenvalue weighted by molar-refractivity contribution is 5.14. The van der Waals surface area contributed by atoms with E-state index in [-0.39, 0.29) is 0 Å². The summed E-state index contributed by atoms with van der Waals surface area (Å²) >= 11 is 0. The van der Waals surface area contributed by atoms with Gasteiger partial charge in [-0.05, 0) is 49.9 Å². The van der Waals surface area contributed by atoms with Gasteiger partial charge in [0.1, 0.15) is 5.60 Å². The van der Waals surface area contributed by atoms with E-state index in [1.165, 1.54) is 0 Å². The average Bonchev–Trinajstić information content (AvgIpc) is 2.38. The Labute approximate surface area is 117 Å². The molecule has 0 aromatic carbocycles. The largest absolute Gasteiger partial charge is 0.386 e. The summed E-state index contributed by atoms with van der Waals surface area (Å²) in [7, 11) is 0. The van der Waals surface area contributed by atoms with Crippen LogP contribution < -0.4 is 0 Å². The average molecular weight is 265 g/mol. The Morgan fingerprint density at radius 3 is 2.26 bits per heavy atom. The lowest BCUT2D eigenvalue weighted by Gasteiger charge is -2.49. The van der Waals surface area contributed by atoms with Crippen molar-refractivity contribution in [3.8, 4) is 6.07 Å². The number of hydrogen-bond acceptors (Lipinski definition) is 3. The van der Waals surface area contributed by atoms with Gasteiger partial charge in [0.15, 0.2) is 0 Å². The van der Waals surface area contributed by atoms with Crippen molar-refractivity contribution in [1.82, 2.24) is 0 Å². The third-order valence-corrected chi connectivity index (χ3v) is 5.39. The maximum Gasteiger partial charge on any atom is 0.107 e. The van der Waals surface area contributed by atoms with E-state index in [2.05, 4.69) is 26.8 Å². The molecule has 1 atom stereocenters. The Hall–Kier alpha value is -0.590. The first-order valence-electron chi connectivity index (χ1n) is 7.54. The lowest BCUT2D eigenvalue weighted by Crippen LogP contribution is -2.55. The fourth-order valence-corrected chi connectivity index (χ4v) is 3.82. The van der Waals surface area contributed by atoms with Crippen molar-refractivity contribution >= 4 is 0 Å². The second-order valence-corrected chi connectivity index (χ2v) is 7.52. The summed E-state index contributed by atoms with van der Waals surface area (Å²) in [6.07, 6.45) is 5.28. The molecule has 1 aliphatic heterocycles. The van der Waals surface area contributed by atoms with Crippen LogP contribution in [0.5, 0.6) is 0 Å². The van der Waals surface area contributed by atoms with Gasteiger partial charge in [-0.1, -0.05) is 20.8 Å². The number of ether oxygens (including phenoxy) is 1. The zero-order valence-corrected chi connectivity index (χ0v) is 12.5. The predicted molar refractivity (Wildman–Crippen MR) is 74.5 cm³/mol. The van der Waals surface area contributed by atoms with Crippen LogP contribution in [0, 0.1) is 28.1 Å². The first-order valence-corrected chi connectivity index (χ1v) is 7.54. The van der Waals surface area contributed by atoms with Crippen molar-refractivity contribution in [3.05, 3.63) is 0 Å². The van der Waals surface area contributed by atoms with Gasteiger partial charge in [0.25, 0.3) is 0 Å². The zero-order chi connectivity index (χ0) is 14.1. The third-order valence-electron chi connectivity index (χ3n) is 5.39. The Balaban J connectivity index is 2.12. The quantitative estimate of drug-likeness (QED) is 0.791. The molecule has 0 bridgehead atoms. The van der Waals surface area contributed by atoms with Gasteiger partial charge in [-0.15, -0.1) is 0 Å². The molecule has 108 valence electrons. The molecule has 1 saturated carbocycles. The highest BCUT2D eigenvalue weighted by atomic mass is 16.5. The smallest absolute Gasteiger partial charge is 0.107 e. The van der Waals surface area contributed by atoms with E-state index in [1.54, 1.807) is 0 Å². The Kier molecular flexibility index (Phi) is 3.95. The van der Waals surface area contributed by atoms with Crippen LogP contribution in [0.2, 0.25) is 0 Å². The van der Waals surface area contributed by atoms with Gasteiger partial charge in [-0.2, -0.15) is 5.26 Å². The van der Waals surface area contributed by atoms with E-state index in [0.717, 1.165) is 32.1 Å². The minimum atomic E-state index is -0.928. The summed E-state index contributed by atoms with van der Waals surface area (Å²) in [6.45, 7) is 7.87. The molecule has 0 amide bonds. The van der Waals surface area contributed by atoms with Gasteiger partial charge in [-0.3, -0.25) is 0 Å². The second kappa shape index (κ2) is 5.07. The summed E-state index contributed by atoms with van der Waals surface area (Å²) in [5.74, 6) is 0.655. The molecule has 1 N–H and O–H groups in total. The van der Waals surface area contributed by atoms with E-state index >= 15 is 0 Å². The van der Waals surface area contributed by atoms with E-state index in [1.807, 2.05) is 0 Å². The summed E-state index contributed by atoms with van der Waals surface area (Å²) < 4.78 is 5.46. The Morgan fingerprint density at radius 2 is 1.84 bits per heavy atom. The van der Waals surface area contributed by atoms with Crippen LogP contribution in [0.25, 0.3) is 0 Å². The molecular weight excluding hydrogens is 238 g/mol. The van der Waals surface area contributed by atoms with Crippen LogP contribution in [0.15, 0.2) is 0 Å². The minimum absolute atomic E-state index is 0.299. The molecule has 0 aromatic heterocycles. The fraction of sp³-hybridized carbons (Fsp3) is 0.938. The normalized spacial score (nSPS) is 40.7. The van der Waals surface area contributed by atoms with Gasteiger partial charge < -0.3 is 9.84 Å². The monoisotopic (exact) mass is 265 g/mol. The van der Waals surface area contributed by atoms with Crippen LogP contribution in [-0.4, -0.2) is 23.9 Å². The number of nitriles is 1. The summed E-state index contributed by atoms with van der Waals surface area (Å²) in [6, 6.07) is 2.47. The molecule has 2 fully saturated rings. The second-order valence-electron chi connectivity index (χ2n) is 7.52. The van der Waals surface area contributed by atoms with Crippen molar-refractivity contribution < 1.29 is 9.84 Å². The molecule has 3 heteroatoms. The first-order chi connectivity index (χ1) is 8.83. The predicted octanol–water partition coefficient (Wildman–Crippen LogP) is 3.27. The summed E-state index contributed by atoms with van der Waals surface area (Å²) in [5.41, 5.74) is -1.22. The molecule has 19 heavy (non-hydrogen) atoms. The molecule has 0 spiro atoms. The summed E-state index contributed by atoms with van der Waals surface area (Å²) in [5, 5.41) is 20.6. The highest BCUT2D eigenvalue weighted by Gasteiger charge is 2.53. The van der Waals surface area contributed by atoms with Gasteiger partial charge in [0, 0.05) is 6.61 Å². The van der Waals surface area contributed by atoms with Gasteiger partial charge in [-0.25, -0.2) is 0 Å². The molecule has 2 aliphatic rings. The Morgan fingerprint density at radius 1 is 1.21 bits per heavy atom. The fourth-order valence-electron chi connectivity index (χ4n) is 3.82. The van der Waals surface area contributed by atoms with Crippen molar-refractivity contribution in [1.29, 1.82) is 5.26 Å². The number of nitrogens with zero attached hydrogens (tertiary/aromatic N) is 1. The molecule has 0 radical (unpaired) electrons. The van der Waals surface area contributed by atoms with Crippen LogP contribution in [-0.2, 0) is 4.74 Å². The molecular formula is C16H27NO2. The topological polar surface area (TPSA) is 53.2 Å². The van der Waals surface area contributed by atoms with Crippen LogP contribution in [0.3, 0.4) is 0 Å². The van der Waals surface area contributed by atoms with Crippen molar-refractivity contribution in [3.63, 3.8) is 0 Å². The number of hydrogen-bond donors (Lipinski definition) is 1. The van der Waals surface area contributed by atoms with Crippen molar-refractivity contribution in [2.24, 2.45) is 16.7 Å². The first kappa shape index (κ1) is 14.8. The van der Waals surface area contributed by atoms with Crippen molar-refractivity contribution in [2.45, 2.75) is 64.9 Å². The SMILES string of the molecule is CC(C)(C)C1CCC(C#N)(C2(O)CCCOC2)CC1. The van der Waals surface area contributed by atoms with Crippen LogP contribution in [0.4, 0.5) is 0 Å². The molecule has 1 saturated heterocycles. The standard InChI is InChI=1S/C16H27NO2/c1-14(2,3)13-5-8-15(11-17,9-6-13)16(18)7-4-10-19-12-16/h13,18H,4-10,12H2,1-3H3. The Bertz CT molecular complexity index is 350. The highest BCUT2D eigenvalue weighted by Crippen LogP contribution is 2.52. The molecule has 1 unspecified atom stereocenters. The van der Waals surface area contributed by atoms with Crippen LogP contribution >= 0.6 is 0 Å². The molecule has 0 aromatic rings. The minimum Gasteiger partial charge on any atom is -0.386 e. The maximum absolute atomic E-state index is 10.9. The zero-order valence-electron chi connectivity index (χ0n) is 12.5. The van der Waals surface area contributed by atoms with E-state index in [4.69, 9.17) is 4.74 Å². The maximum atomic E-state index is 10.9. The van der Waals surface area contributed by atoms with E-state index in [9.17, 15) is 10.4 Å². The molecule has 1 aliphatic carbocycles. The van der Waals surface area contributed by atoms with Crippen LogP contribution in [0.1, 0.15) is 59.3 Å². The molecule has 1 heterocycles. The van der Waals surface area contributed by atoms with Gasteiger partial charge in [0.2, 0.25) is 0 Å². The third kappa shape index (κ3) is 2.66. The number of aliphatic hydroxyl groups is 1. The lowest BCUT2D eigenvalue weighted by molar-refractivity contribution is -0.157. The summed E-state index contributed by atoms with van der Waals surface area (Å²) in [4.78, 5) is 0. The molecule has 3 nitrogen and oxygen atoms in total. The molecule has 2 rings (SSSR count). The van der Waals surface area contributed by atoms with Crippen molar-refractivity contribution in [2.75, 3.05) is 13.2 Å². The van der Waals surface area contributed by atoms with E-state index in [0.29, 0.717) is 31.0 Å². The van der Waals surface area contributed by atoms with Gasteiger partial charge in [0.05, 0.1) is 18.1 Å².